The van der Waals surface area contributed by atoms with E-state index in [1.54, 1.807) is 36.1 Å². The van der Waals surface area contributed by atoms with Gasteiger partial charge in [-0.2, -0.15) is 0 Å². The number of methoxy groups -OCH3 is 1. The summed E-state index contributed by atoms with van der Waals surface area (Å²) >= 11 is 0. The molecule has 36 heavy (non-hydrogen) atoms. The SMILES string of the molecule is C#CCNCCCN1C(=O)N2C(c3cccc(O)c3)c3[nH]c4ccc(OC)c(F)c4c3CC2(C)C1=O. The van der Waals surface area contributed by atoms with Crippen molar-refractivity contribution in [2.45, 2.75) is 31.3 Å². The maximum absolute atomic E-state index is 15.5. The number of halogens is 1. The van der Waals surface area contributed by atoms with Crippen molar-refractivity contribution in [3.05, 3.63) is 59.0 Å². The third kappa shape index (κ3) is 3.48. The fourth-order valence-electron chi connectivity index (χ4n) is 5.47. The Hall–Kier alpha value is -4.03. The Morgan fingerprint density at radius 2 is 2.14 bits per heavy atom. The molecule has 3 heterocycles. The number of carbonyl (C=O) groups is 2. The van der Waals surface area contributed by atoms with Gasteiger partial charge in [0.05, 0.1) is 13.7 Å². The molecule has 3 amide bonds. The van der Waals surface area contributed by atoms with E-state index in [1.807, 2.05) is 0 Å². The van der Waals surface area contributed by atoms with E-state index in [0.717, 1.165) is 0 Å². The van der Waals surface area contributed by atoms with Gasteiger partial charge in [-0.05, 0) is 55.3 Å². The van der Waals surface area contributed by atoms with Crippen LogP contribution >= 0.6 is 0 Å². The van der Waals surface area contributed by atoms with Crippen LogP contribution in [-0.2, 0) is 11.2 Å². The number of nitrogens with zero attached hydrogens (tertiary/aromatic N) is 2. The van der Waals surface area contributed by atoms with Crippen molar-refractivity contribution in [1.29, 1.82) is 0 Å². The zero-order valence-corrected chi connectivity index (χ0v) is 20.1. The van der Waals surface area contributed by atoms with Crippen molar-refractivity contribution in [3.8, 4) is 23.8 Å². The molecule has 3 aromatic rings. The number of aromatic amines is 1. The maximum Gasteiger partial charge on any atom is 0.328 e. The number of terminal acetylenes is 1. The topological polar surface area (TPSA) is 97.9 Å². The molecule has 1 aromatic heterocycles. The summed E-state index contributed by atoms with van der Waals surface area (Å²) in [6, 6.07) is 8.67. The van der Waals surface area contributed by atoms with Crippen LogP contribution in [0.25, 0.3) is 10.9 Å². The third-order valence-electron chi connectivity index (χ3n) is 7.10. The molecule has 1 saturated heterocycles. The number of aromatic hydroxyl groups is 1. The Bertz CT molecular complexity index is 1410. The Labute approximate surface area is 208 Å². The number of amides is 3. The molecule has 9 heteroatoms. The molecule has 2 unspecified atom stereocenters. The summed E-state index contributed by atoms with van der Waals surface area (Å²) in [5.41, 5.74) is 1.15. The number of ether oxygens (including phenoxy) is 1. The van der Waals surface area contributed by atoms with Gasteiger partial charge in [0.1, 0.15) is 17.3 Å². The van der Waals surface area contributed by atoms with Gasteiger partial charge < -0.3 is 20.1 Å². The lowest BCUT2D eigenvalue weighted by molar-refractivity contribution is -0.133. The van der Waals surface area contributed by atoms with Crippen LogP contribution in [0.5, 0.6) is 11.5 Å². The summed E-state index contributed by atoms with van der Waals surface area (Å²) < 4.78 is 20.7. The van der Waals surface area contributed by atoms with Crippen LogP contribution in [0.1, 0.15) is 36.2 Å². The number of hydrogen-bond donors (Lipinski definition) is 3. The molecule has 186 valence electrons. The van der Waals surface area contributed by atoms with Crippen molar-refractivity contribution in [3.63, 3.8) is 0 Å². The zero-order chi connectivity index (χ0) is 25.6. The van der Waals surface area contributed by atoms with Crippen LogP contribution in [-0.4, -0.2) is 64.1 Å². The standard InChI is InChI=1S/C27H27FN4O4/c1-4-11-29-12-6-13-31-25(34)27(2)15-18-21-19(9-10-20(36-3)22(21)28)30-23(18)24(32(27)26(31)35)16-7-5-8-17(33)14-16/h1,5,7-10,14,24,29-30,33H,6,11-13,15H2,2-3H3. The van der Waals surface area contributed by atoms with E-state index in [0.29, 0.717) is 47.2 Å². The molecule has 8 nitrogen and oxygen atoms in total. The van der Waals surface area contributed by atoms with Crippen LogP contribution in [0, 0.1) is 18.2 Å². The monoisotopic (exact) mass is 490 g/mol. The van der Waals surface area contributed by atoms with Gasteiger partial charge in [0, 0.05) is 29.6 Å². The number of phenols is 1. The smallest absolute Gasteiger partial charge is 0.328 e. The van der Waals surface area contributed by atoms with E-state index in [2.05, 4.69) is 16.2 Å². The lowest BCUT2D eigenvalue weighted by Gasteiger charge is -2.42. The highest BCUT2D eigenvalue weighted by Crippen LogP contribution is 2.49. The first-order valence-electron chi connectivity index (χ1n) is 11.8. The highest BCUT2D eigenvalue weighted by molar-refractivity contribution is 6.08. The molecule has 5 rings (SSSR count). The molecule has 2 aromatic carbocycles. The Morgan fingerprint density at radius 1 is 1.33 bits per heavy atom. The quantitative estimate of drug-likeness (QED) is 0.268. The van der Waals surface area contributed by atoms with Crippen molar-refractivity contribution in [2.75, 3.05) is 26.7 Å². The average molecular weight is 491 g/mol. The lowest BCUT2D eigenvalue weighted by Crippen LogP contribution is -2.53. The van der Waals surface area contributed by atoms with E-state index in [-0.39, 0.29) is 30.4 Å². The van der Waals surface area contributed by atoms with Gasteiger partial charge in [0.15, 0.2) is 11.6 Å². The number of fused-ring (bicyclic) bond motifs is 4. The molecular weight excluding hydrogens is 463 g/mol. The van der Waals surface area contributed by atoms with E-state index in [4.69, 9.17) is 11.2 Å². The summed E-state index contributed by atoms with van der Waals surface area (Å²) in [5.74, 6) is 1.76. The highest BCUT2D eigenvalue weighted by atomic mass is 19.1. The second kappa shape index (κ2) is 8.88. The number of phenolic OH excluding ortho intramolecular Hbond substituents is 1. The Kier molecular flexibility index (Phi) is 5.85. The lowest BCUT2D eigenvalue weighted by atomic mass is 9.81. The fourth-order valence-corrected chi connectivity index (χ4v) is 5.47. The van der Waals surface area contributed by atoms with Gasteiger partial charge >= 0.3 is 6.03 Å². The van der Waals surface area contributed by atoms with Crippen molar-refractivity contribution < 1.29 is 23.8 Å². The van der Waals surface area contributed by atoms with E-state index < -0.39 is 23.4 Å². The molecule has 0 radical (unpaired) electrons. The van der Waals surface area contributed by atoms with Crippen molar-refractivity contribution >= 4 is 22.8 Å². The van der Waals surface area contributed by atoms with Crippen LogP contribution in [0.4, 0.5) is 9.18 Å². The van der Waals surface area contributed by atoms with Crippen LogP contribution in [0.2, 0.25) is 0 Å². The summed E-state index contributed by atoms with van der Waals surface area (Å²) in [6.07, 6.45) is 5.94. The van der Waals surface area contributed by atoms with E-state index >= 15 is 4.39 Å². The molecule has 2 aliphatic heterocycles. The summed E-state index contributed by atoms with van der Waals surface area (Å²) in [7, 11) is 1.40. The largest absolute Gasteiger partial charge is 0.508 e. The number of H-pyrrole nitrogens is 1. The Balaban J connectivity index is 1.64. The molecule has 0 spiro atoms. The molecule has 2 aliphatic rings. The number of hydrogen-bond acceptors (Lipinski definition) is 5. The zero-order valence-electron chi connectivity index (χ0n) is 20.1. The van der Waals surface area contributed by atoms with Gasteiger partial charge in [0.2, 0.25) is 0 Å². The van der Waals surface area contributed by atoms with Crippen LogP contribution < -0.4 is 10.1 Å². The van der Waals surface area contributed by atoms with Gasteiger partial charge in [0.25, 0.3) is 5.91 Å². The van der Waals surface area contributed by atoms with E-state index in [1.165, 1.54) is 24.1 Å². The number of urea groups is 1. The summed E-state index contributed by atoms with van der Waals surface area (Å²) in [4.78, 5) is 33.6. The second-order valence-electron chi connectivity index (χ2n) is 9.31. The normalized spacial score (nSPS) is 21.0. The molecule has 1 fully saturated rings. The van der Waals surface area contributed by atoms with Crippen molar-refractivity contribution in [1.82, 2.24) is 20.1 Å². The van der Waals surface area contributed by atoms with Gasteiger partial charge in [-0.25, -0.2) is 9.18 Å². The second-order valence-corrected chi connectivity index (χ2v) is 9.31. The fraction of sp³-hybridized carbons (Fsp3) is 0.333. The molecular formula is C27H27FN4O4. The maximum atomic E-state index is 15.5. The number of benzene rings is 2. The third-order valence-corrected chi connectivity index (χ3v) is 7.10. The molecule has 0 saturated carbocycles. The average Bonchev–Trinajstić information content (AvgIpc) is 3.31. The van der Waals surface area contributed by atoms with Crippen molar-refractivity contribution in [2.24, 2.45) is 0 Å². The first-order chi connectivity index (χ1) is 17.3. The summed E-state index contributed by atoms with van der Waals surface area (Å²) in [6.45, 7) is 2.91. The van der Waals surface area contributed by atoms with Gasteiger partial charge in [-0.15, -0.1) is 6.42 Å². The number of aromatic nitrogens is 1. The first kappa shape index (κ1) is 23.7. The minimum absolute atomic E-state index is 0.0275. The molecule has 0 aliphatic carbocycles. The van der Waals surface area contributed by atoms with E-state index in [9.17, 15) is 14.7 Å². The number of rotatable bonds is 7. The minimum atomic E-state index is -1.24. The number of nitrogens with one attached hydrogen (secondary N) is 2. The number of carbonyl (C=O) groups excluding carboxylic acids is 2. The summed E-state index contributed by atoms with van der Waals surface area (Å²) in [5, 5.41) is 13.6. The molecule has 2 atom stereocenters. The van der Waals surface area contributed by atoms with Gasteiger partial charge in [-0.3, -0.25) is 14.6 Å². The number of imide groups is 1. The molecule has 3 N–H and O–H groups in total. The van der Waals surface area contributed by atoms with Crippen LogP contribution in [0.3, 0.4) is 0 Å². The molecule has 0 bridgehead atoms. The Morgan fingerprint density at radius 3 is 2.86 bits per heavy atom. The van der Waals surface area contributed by atoms with Gasteiger partial charge in [-0.1, -0.05) is 18.1 Å². The van der Waals surface area contributed by atoms with Crippen LogP contribution in [0.15, 0.2) is 36.4 Å². The minimum Gasteiger partial charge on any atom is -0.508 e. The highest BCUT2D eigenvalue weighted by Gasteiger charge is 2.60. The predicted molar refractivity (Wildman–Crippen MR) is 132 cm³/mol. The predicted octanol–water partition coefficient (Wildman–Crippen LogP) is 3.30. The first-order valence-corrected chi connectivity index (χ1v) is 11.8.